The molecule has 0 saturated carbocycles. The van der Waals surface area contributed by atoms with Crippen molar-refractivity contribution in [2.24, 2.45) is 5.41 Å². The fourth-order valence-electron chi connectivity index (χ4n) is 6.67. The predicted octanol–water partition coefficient (Wildman–Crippen LogP) is 4.62. The average molecular weight is 547 g/mol. The third-order valence-electron chi connectivity index (χ3n) is 9.17. The Labute approximate surface area is 239 Å². The van der Waals surface area contributed by atoms with Gasteiger partial charge in [-0.05, 0) is 89.3 Å². The van der Waals surface area contributed by atoms with Crippen LogP contribution in [0.1, 0.15) is 74.2 Å². The molecule has 3 aliphatic rings. The standard InChI is InChI=1S/C33H46N4O3/c1-26-25-40-30-13-7-6-12-29(30)31(38)34-19-9-3-8-16-33(32(39)35-26)17-22-37(23-18-33)28-14-20-36(21-15-28)24-27-10-4-2-5-11-27/h2,4-7,10-13,26,28H,3,8-9,14-25H2,1H3,(H,34,38)(H,35,39)/t26-/m0/s1. The minimum Gasteiger partial charge on any atom is -0.491 e. The summed E-state index contributed by atoms with van der Waals surface area (Å²) in [6.45, 7) is 8.26. The van der Waals surface area contributed by atoms with Crippen molar-refractivity contribution >= 4 is 11.8 Å². The molecule has 2 saturated heterocycles. The number of piperidine rings is 2. The summed E-state index contributed by atoms with van der Waals surface area (Å²) in [5.41, 5.74) is 1.62. The average Bonchev–Trinajstić information content (AvgIpc) is 2.99. The van der Waals surface area contributed by atoms with Gasteiger partial charge in [0.1, 0.15) is 12.4 Å². The molecule has 1 spiro atoms. The number of amides is 2. The smallest absolute Gasteiger partial charge is 0.255 e. The highest BCUT2D eigenvalue weighted by Crippen LogP contribution is 2.39. The van der Waals surface area contributed by atoms with Crippen LogP contribution >= 0.6 is 0 Å². The van der Waals surface area contributed by atoms with Gasteiger partial charge in [0.05, 0.1) is 17.0 Å². The van der Waals surface area contributed by atoms with Gasteiger partial charge in [-0.25, -0.2) is 0 Å². The van der Waals surface area contributed by atoms with Gasteiger partial charge >= 0.3 is 0 Å². The van der Waals surface area contributed by atoms with E-state index in [0.29, 0.717) is 30.5 Å². The van der Waals surface area contributed by atoms with Crippen LogP contribution in [0.5, 0.6) is 5.75 Å². The molecule has 7 heteroatoms. The zero-order valence-electron chi connectivity index (χ0n) is 24.1. The van der Waals surface area contributed by atoms with Crippen LogP contribution in [0, 0.1) is 5.41 Å². The third kappa shape index (κ3) is 7.24. The lowest BCUT2D eigenvalue weighted by Crippen LogP contribution is -2.54. The van der Waals surface area contributed by atoms with Crippen LogP contribution in [0.25, 0.3) is 0 Å². The summed E-state index contributed by atoms with van der Waals surface area (Å²) in [6.07, 6.45) is 8.06. The van der Waals surface area contributed by atoms with E-state index in [-0.39, 0.29) is 23.3 Å². The highest BCUT2D eigenvalue weighted by molar-refractivity contribution is 5.96. The number of para-hydroxylation sites is 1. The number of rotatable bonds is 3. The largest absolute Gasteiger partial charge is 0.491 e. The molecule has 0 bridgehead atoms. The summed E-state index contributed by atoms with van der Waals surface area (Å²) in [5.74, 6) is 0.643. The van der Waals surface area contributed by atoms with E-state index in [1.54, 1.807) is 6.07 Å². The van der Waals surface area contributed by atoms with Crippen molar-refractivity contribution in [3.63, 3.8) is 0 Å². The second-order valence-corrected chi connectivity index (χ2v) is 12.1. The molecule has 40 heavy (non-hydrogen) atoms. The number of likely N-dealkylation sites (tertiary alicyclic amines) is 2. The molecule has 2 N–H and O–H groups in total. The van der Waals surface area contributed by atoms with Gasteiger partial charge in [-0.3, -0.25) is 14.5 Å². The first-order chi connectivity index (χ1) is 19.5. The first-order valence-corrected chi connectivity index (χ1v) is 15.3. The normalized spacial score (nSPS) is 24.2. The summed E-state index contributed by atoms with van der Waals surface area (Å²) >= 11 is 0. The number of ether oxygens (including phenoxy) is 1. The maximum absolute atomic E-state index is 13.8. The molecule has 5 rings (SSSR count). The first kappa shape index (κ1) is 28.6. The van der Waals surface area contributed by atoms with E-state index >= 15 is 0 Å². The molecular formula is C33H46N4O3. The zero-order chi connectivity index (χ0) is 27.8. The van der Waals surface area contributed by atoms with Crippen molar-refractivity contribution in [3.05, 3.63) is 65.7 Å². The lowest BCUT2D eigenvalue weighted by molar-refractivity contribution is -0.136. The van der Waals surface area contributed by atoms with Crippen molar-refractivity contribution in [1.82, 2.24) is 20.4 Å². The summed E-state index contributed by atoms with van der Waals surface area (Å²) < 4.78 is 6.03. The monoisotopic (exact) mass is 546 g/mol. The molecular weight excluding hydrogens is 500 g/mol. The van der Waals surface area contributed by atoms with Crippen LogP contribution in [0.15, 0.2) is 54.6 Å². The van der Waals surface area contributed by atoms with E-state index in [4.69, 9.17) is 4.74 Å². The second kappa shape index (κ2) is 13.6. The number of fused-ring (bicyclic) bond motifs is 1. The van der Waals surface area contributed by atoms with Crippen molar-refractivity contribution in [2.45, 2.75) is 76.9 Å². The third-order valence-corrected chi connectivity index (χ3v) is 9.17. The number of nitrogens with zero attached hydrogens (tertiary/aromatic N) is 2. The number of carbonyl (C=O) groups is 2. The van der Waals surface area contributed by atoms with Gasteiger partial charge in [0.25, 0.3) is 5.91 Å². The highest BCUT2D eigenvalue weighted by atomic mass is 16.5. The van der Waals surface area contributed by atoms with Crippen LogP contribution in [0.3, 0.4) is 0 Å². The van der Waals surface area contributed by atoms with Crippen LogP contribution in [0.2, 0.25) is 0 Å². The minimum absolute atomic E-state index is 0.100. The molecule has 216 valence electrons. The van der Waals surface area contributed by atoms with Crippen LogP contribution in [-0.2, 0) is 11.3 Å². The summed E-state index contributed by atoms with van der Waals surface area (Å²) in [6, 6.07) is 18.6. The number of hydrogen-bond acceptors (Lipinski definition) is 5. The van der Waals surface area contributed by atoms with E-state index in [0.717, 1.165) is 71.2 Å². The SMILES string of the molecule is C[C@H]1COc2ccccc2C(=O)NCCCCCC2(CCN(C3CCN(Cc4ccccc4)CC3)CC2)C(=O)N1. The van der Waals surface area contributed by atoms with Crippen molar-refractivity contribution in [3.8, 4) is 5.75 Å². The Bertz CT molecular complexity index is 1110. The first-order valence-electron chi connectivity index (χ1n) is 15.3. The molecule has 0 unspecified atom stereocenters. The van der Waals surface area contributed by atoms with E-state index < -0.39 is 0 Å². The van der Waals surface area contributed by atoms with Crippen molar-refractivity contribution < 1.29 is 14.3 Å². The Balaban J connectivity index is 1.17. The Kier molecular flexibility index (Phi) is 9.76. The quantitative estimate of drug-likeness (QED) is 0.588. The maximum Gasteiger partial charge on any atom is 0.255 e. The Morgan fingerprint density at radius 2 is 1.60 bits per heavy atom. The van der Waals surface area contributed by atoms with Gasteiger partial charge in [0, 0.05) is 19.1 Å². The molecule has 3 heterocycles. The molecule has 2 fully saturated rings. The Morgan fingerprint density at radius 1 is 0.875 bits per heavy atom. The number of hydrogen-bond donors (Lipinski definition) is 2. The van der Waals surface area contributed by atoms with E-state index in [1.165, 1.54) is 18.4 Å². The van der Waals surface area contributed by atoms with Gasteiger partial charge in [0.2, 0.25) is 5.91 Å². The summed E-state index contributed by atoms with van der Waals surface area (Å²) in [7, 11) is 0. The molecule has 3 aliphatic heterocycles. The topological polar surface area (TPSA) is 73.9 Å². The molecule has 2 amide bonds. The Morgan fingerprint density at radius 3 is 2.38 bits per heavy atom. The van der Waals surface area contributed by atoms with Gasteiger partial charge < -0.3 is 20.3 Å². The number of carbonyl (C=O) groups excluding carboxylic acids is 2. The predicted molar refractivity (Wildman–Crippen MR) is 158 cm³/mol. The molecule has 7 nitrogen and oxygen atoms in total. The van der Waals surface area contributed by atoms with E-state index in [9.17, 15) is 9.59 Å². The Hall–Kier alpha value is -2.90. The minimum atomic E-state index is -0.319. The van der Waals surface area contributed by atoms with Gasteiger partial charge in [-0.2, -0.15) is 0 Å². The van der Waals surface area contributed by atoms with Crippen LogP contribution < -0.4 is 15.4 Å². The highest BCUT2D eigenvalue weighted by Gasteiger charge is 2.42. The van der Waals surface area contributed by atoms with Crippen molar-refractivity contribution in [1.29, 1.82) is 0 Å². The second-order valence-electron chi connectivity index (χ2n) is 12.1. The van der Waals surface area contributed by atoms with Crippen LogP contribution in [-0.4, -0.2) is 73.0 Å². The maximum atomic E-state index is 13.8. The lowest BCUT2D eigenvalue weighted by atomic mass is 9.73. The fraction of sp³-hybridized carbons (Fsp3) is 0.576. The zero-order valence-corrected chi connectivity index (χ0v) is 24.1. The number of benzene rings is 2. The lowest BCUT2D eigenvalue weighted by Gasteiger charge is -2.46. The van der Waals surface area contributed by atoms with Gasteiger partial charge in [-0.15, -0.1) is 0 Å². The van der Waals surface area contributed by atoms with Crippen molar-refractivity contribution in [2.75, 3.05) is 39.3 Å². The van der Waals surface area contributed by atoms with Crippen LogP contribution in [0.4, 0.5) is 0 Å². The molecule has 0 aromatic heterocycles. The molecule has 0 radical (unpaired) electrons. The van der Waals surface area contributed by atoms with E-state index in [1.807, 2.05) is 25.1 Å². The molecule has 1 atom stereocenters. The fourth-order valence-corrected chi connectivity index (χ4v) is 6.67. The van der Waals surface area contributed by atoms with E-state index in [2.05, 4.69) is 50.8 Å². The summed E-state index contributed by atoms with van der Waals surface area (Å²) in [5, 5.41) is 6.33. The number of nitrogens with one attached hydrogen (secondary N) is 2. The van der Waals surface area contributed by atoms with Gasteiger partial charge in [-0.1, -0.05) is 55.3 Å². The van der Waals surface area contributed by atoms with Gasteiger partial charge in [0.15, 0.2) is 0 Å². The molecule has 2 aromatic carbocycles. The molecule has 0 aliphatic carbocycles. The summed E-state index contributed by atoms with van der Waals surface area (Å²) in [4.78, 5) is 31.7. The molecule has 2 aromatic rings.